The van der Waals surface area contributed by atoms with Gasteiger partial charge in [0.05, 0.1) is 17.7 Å². The summed E-state index contributed by atoms with van der Waals surface area (Å²) >= 11 is 3.45. The molecule has 7 heteroatoms. The molecule has 0 spiro atoms. The van der Waals surface area contributed by atoms with Gasteiger partial charge in [0.2, 0.25) is 0 Å². The van der Waals surface area contributed by atoms with Crippen molar-refractivity contribution in [3.63, 3.8) is 0 Å². The highest BCUT2D eigenvalue weighted by Gasteiger charge is 2.12. The minimum absolute atomic E-state index is 0.399. The van der Waals surface area contributed by atoms with E-state index in [0.717, 1.165) is 31.4 Å². The average Bonchev–Trinajstić information content (AvgIpc) is 2.83. The van der Waals surface area contributed by atoms with Crippen LogP contribution in [0.5, 0.6) is 11.5 Å². The highest BCUT2D eigenvalue weighted by Crippen LogP contribution is 2.26. The van der Waals surface area contributed by atoms with Crippen molar-refractivity contribution >= 4 is 27.7 Å². The van der Waals surface area contributed by atoms with Gasteiger partial charge < -0.3 is 9.47 Å². The third-order valence-electron chi connectivity index (χ3n) is 5.12. The van der Waals surface area contributed by atoms with Crippen molar-refractivity contribution in [2.45, 2.75) is 65.2 Å². The molecule has 2 rings (SSSR count). The standard InChI is InChI=1S/C26H35BrN2O4/c1-3-5-7-9-17-32-22-14-11-20(12-15-22)25(30)28-29-26(31)21-13-16-24(23(27)19-21)33-18-10-8-6-4-2/h11-16,19H,3-10,17-18H2,1-2H3,(H,28,30)(H,29,31). The quantitative estimate of drug-likeness (QED) is 0.222. The van der Waals surface area contributed by atoms with Gasteiger partial charge in [0.15, 0.2) is 0 Å². The molecule has 0 unspecified atom stereocenters. The first kappa shape index (κ1) is 26.7. The second-order valence-corrected chi connectivity index (χ2v) is 8.75. The summed E-state index contributed by atoms with van der Waals surface area (Å²) in [5, 5.41) is 0. The van der Waals surface area contributed by atoms with Crippen LogP contribution in [-0.2, 0) is 0 Å². The summed E-state index contributed by atoms with van der Waals surface area (Å²) in [5.41, 5.74) is 5.73. The van der Waals surface area contributed by atoms with E-state index in [1.807, 2.05) is 0 Å². The number of unbranched alkanes of at least 4 members (excludes halogenated alkanes) is 6. The van der Waals surface area contributed by atoms with E-state index in [9.17, 15) is 9.59 Å². The number of rotatable bonds is 14. The summed E-state index contributed by atoms with van der Waals surface area (Å²) in [4.78, 5) is 24.8. The number of carbonyl (C=O) groups excluding carboxylic acids is 2. The van der Waals surface area contributed by atoms with Crippen LogP contribution < -0.4 is 20.3 Å². The fraction of sp³-hybridized carbons (Fsp3) is 0.462. The Hall–Kier alpha value is -2.54. The predicted octanol–water partition coefficient (Wildman–Crippen LogP) is 6.44. The normalized spacial score (nSPS) is 10.5. The molecule has 2 N–H and O–H groups in total. The summed E-state index contributed by atoms with van der Waals surface area (Å²) in [5.74, 6) is 0.610. The van der Waals surface area contributed by atoms with E-state index >= 15 is 0 Å². The molecular formula is C26H35BrN2O4. The molecule has 6 nitrogen and oxygen atoms in total. The fourth-order valence-corrected chi connectivity index (χ4v) is 3.64. The SMILES string of the molecule is CCCCCCOc1ccc(C(=O)NNC(=O)c2ccc(OCCCCCC)c(Br)c2)cc1. The summed E-state index contributed by atoms with van der Waals surface area (Å²) in [7, 11) is 0. The van der Waals surface area contributed by atoms with E-state index < -0.39 is 11.8 Å². The molecule has 0 bridgehead atoms. The van der Waals surface area contributed by atoms with Crippen LogP contribution in [0.25, 0.3) is 0 Å². The zero-order chi connectivity index (χ0) is 23.9. The smallest absolute Gasteiger partial charge is 0.269 e. The zero-order valence-corrected chi connectivity index (χ0v) is 21.2. The van der Waals surface area contributed by atoms with Gasteiger partial charge in [-0.05, 0) is 71.2 Å². The van der Waals surface area contributed by atoms with E-state index in [-0.39, 0.29) is 0 Å². The Bertz CT molecular complexity index is 871. The van der Waals surface area contributed by atoms with Gasteiger partial charge in [0.1, 0.15) is 11.5 Å². The van der Waals surface area contributed by atoms with Crippen molar-refractivity contribution in [3.05, 3.63) is 58.1 Å². The Morgan fingerprint density at radius 2 is 1.27 bits per heavy atom. The lowest BCUT2D eigenvalue weighted by Crippen LogP contribution is -2.41. The highest BCUT2D eigenvalue weighted by atomic mass is 79.9. The van der Waals surface area contributed by atoms with Crippen LogP contribution in [0, 0.1) is 0 Å². The van der Waals surface area contributed by atoms with Crippen molar-refractivity contribution in [1.82, 2.24) is 10.9 Å². The topological polar surface area (TPSA) is 76.7 Å². The van der Waals surface area contributed by atoms with E-state index in [2.05, 4.69) is 40.6 Å². The Morgan fingerprint density at radius 3 is 1.85 bits per heavy atom. The summed E-state index contributed by atoms with van der Waals surface area (Å²) in [6, 6.07) is 12.0. The summed E-state index contributed by atoms with van der Waals surface area (Å²) in [6.45, 7) is 5.65. The maximum Gasteiger partial charge on any atom is 0.269 e. The lowest BCUT2D eigenvalue weighted by Gasteiger charge is -2.11. The molecule has 2 aromatic rings. The Balaban J connectivity index is 1.77. The lowest BCUT2D eigenvalue weighted by molar-refractivity contribution is 0.0846. The summed E-state index contributed by atoms with van der Waals surface area (Å²) < 4.78 is 12.2. The van der Waals surface area contributed by atoms with Crippen molar-refractivity contribution in [3.8, 4) is 11.5 Å². The van der Waals surface area contributed by atoms with Crippen molar-refractivity contribution < 1.29 is 19.1 Å². The zero-order valence-electron chi connectivity index (χ0n) is 19.6. The molecule has 2 aromatic carbocycles. The number of benzene rings is 2. The van der Waals surface area contributed by atoms with Gasteiger partial charge >= 0.3 is 0 Å². The van der Waals surface area contributed by atoms with Crippen molar-refractivity contribution in [2.75, 3.05) is 13.2 Å². The Kier molecular flexibility index (Phi) is 12.4. The molecule has 0 atom stereocenters. The second-order valence-electron chi connectivity index (χ2n) is 7.90. The lowest BCUT2D eigenvalue weighted by atomic mass is 10.2. The van der Waals surface area contributed by atoms with Crippen LogP contribution in [0.15, 0.2) is 46.9 Å². The number of hydrazine groups is 1. The van der Waals surface area contributed by atoms with Crippen LogP contribution in [0.4, 0.5) is 0 Å². The van der Waals surface area contributed by atoms with Crippen LogP contribution >= 0.6 is 15.9 Å². The number of amides is 2. The molecule has 0 aromatic heterocycles. The Labute approximate surface area is 205 Å². The van der Waals surface area contributed by atoms with Crippen molar-refractivity contribution in [2.24, 2.45) is 0 Å². The molecule has 33 heavy (non-hydrogen) atoms. The summed E-state index contributed by atoms with van der Waals surface area (Å²) in [6.07, 6.45) is 9.10. The molecule has 0 saturated carbocycles. The molecule has 0 aliphatic heterocycles. The monoisotopic (exact) mass is 518 g/mol. The number of ether oxygens (including phenoxy) is 2. The number of hydrogen-bond donors (Lipinski definition) is 2. The van der Waals surface area contributed by atoms with Gasteiger partial charge in [0, 0.05) is 11.1 Å². The van der Waals surface area contributed by atoms with Gasteiger partial charge in [-0.1, -0.05) is 52.4 Å². The Morgan fingerprint density at radius 1 is 0.727 bits per heavy atom. The van der Waals surface area contributed by atoms with E-state index in [4.69, 9.17) is 9.47 Å². The molecule has 0 fully saturated rings. The van der Waals surface area contributed by atoms with Gasteiger partial charge in [-0.3, -0.25) is 20.4 Å². The molecule has 0 aliphatic carbocycles. The molecular weight excluding hydrogens is 484 g/mol. The van der Waals surface area contributed by atoms with Crippen LogP contribution in [-0.4, -0.2) is 25.0 Å². The first-order chi connectivity index (χ1) is 16.0. The predicted molar refractivity (Wildman–Crippen MR) is 135 cm³/mol. The number of nitrogens with one attached hydrogen (secondary N) is 2. The van der Waals surface area contributed by atoms with E-state index in [1.54, 1.807) is 42.5 Å². The van der Waals surface area contributed by atoms with Crippen molar-refractivity contribution in [1.29, 1.82) is 0 Å². The average molecular weight is 519 g/mol. The largest absolute Gasteiger partial charge is 0.494 e. The second kappa shape index (κ2) is 15.3. The van der Waals surface area contributed by atoms with Crippen LogP contribution in [0.1, 0.15) is 85.9 Å². The third kappa shape index (κ3) is 9.86. The third-order valence-corrected chi connectivity index (χ3v) is 5.74. The maximum absolute atomic E-state index is 12.4. The molecule has 0 saturated heterocycles. The molecule has 2 amide bonds. The van der Waals surface area contributed by atoms with Gasteiger partial charge in [-0.15, -0.1) is 0 Å². The minimum Gasteiger partial charge on any atom is -0.494 e. The minimum atomic E-state index is -0.412. The first-order valence-electron chi connectivity index (χ1n) is 11.8. The fourth-order valence-electron chi connectivity index (χ4n) is 3.15. The number of carbonyl (C=O) groups is 2. The molecule has 0 radical (unpaired) electrons. The number of halogens is 1. The maximum atomic E-state index is 12.4. The van der Waals surface area contributed by atoms with E-state index in [0.29, 0.717) is 34.6 Å². The van der Waals surface area contributed by atoms with Crippen LogP contribution in [0.2, 0.25) is 0 Å². The first-order valence-corrected chi connectivity index (χ1v) is 12.6. The number of hydrogen-bond acceptors (Lipinski definition) is 4. The van der Waals surface area contributed by atoms with Crippen LogP contribution in [0.3, 0.4) is 0 Å². The molecule has 0 aliphatic rings. The molecule has 180 valence electrons. The molecule has 0 heterocycles. The van der Waals surface area contributed by atoms with Gasteiger partial charge in [0.25, 0.3) is 11.8 Å². The van der Waals surface area contributed by atoms with Gasteiger partial charge in [-0.2, -0.15) is 0 Å². The highest BCUT2D eigenvalue weighted by molar-refractivity contribution is 9.10. The van der Waals surface area contributed by atoms with Gasteiger partial charge in [-0.25, -0.2) is 0 Å². The van der Waals surface area contributed by atoms with E-state index in [1.165, 1.54) is 25.7 Å².